The van der Waals surface area contributed by atoms with Crippen LogP contribution in [-0.2, 0) is 5.54 Å². The molecule has 0 saturated heterocycles. The van der Waals surface area contributed by atoms with Crippen molar-refractivity contribution in [3.8, 4) is 5.75 Å². The fourth-order valence-electron chi connectivity index (χ4n) is 3.22. The second-order valence-electron chi connectivity index (χ2n) is 6.52. The molecule has 1 aliphatic rings. The minimum atomic E-state index is -0.192. The Bertz CT molecular complexity index is 429. The Morgan fingerprint density at radius 3 is 2.68 bits per heavy atom. The van der Waals surface area contributed by atoms with E-state index in [4.69, 9.17) is 10.5 Å². The number of hydrogen-bond donors (Lipinski definition) is 1. The Morgan fingerprint density at radius 1 is 1.32 bits per heavy atom. The van der Waals surface area contributed by atoms with Crippen LogP contribution in [0.5, 0.6) is 5.75 Å². The van der Waals surface area contributed by atoms with Crippen LogP contribution < -0.4 is 10.5 Å². The van der Waals surface area contributed by atoms with Gasteiger partial charge in [-0.1, -0.05) is 26.0 Å². The van der Waals surface area contributed by atoms with Gasteiger partial charge in [-0.15, -0.1) is 0 Å². The van der Waals surface area contributed by atoms with E-state index in [-0.39, 0.29) is 11.6 Å². The summed E-state index contributed by atoms with van der Waals surface area (Å²) in [7, 11) is 0. The highest BCUT2D eigenvalue weighted by molar-refractivity contribution is 5.34. The summed E-state index contributed by atoms with van der Waals surface area (Å²) in [6.45, 7) is 8.71. The van der Waals surface area contributed by atoms with Gasteiger partial charge in [-0.05, 0) is 62.6 Å². The van der Waals surface area contributed by atoms with Crippen molar-refractivity contribution in [3.63, 3.8) is 0 Å². The summed E-state index contributed by atoms with van der Waals surface area (Å²) in [5.41, 5.74) is 7.77. The molecule has 2 heteroatoms. The Hall–Kier alpha value is -1.02. The highest BCUT2D eigenvalue weighted by Crippen LogP contribution is 2.42. The third-order valence-electron chi connectivity index (χ3n) is 4.43. The summed E-state index contributed by atoms with van der Waals surface area (Å²) in [5, 5.41) is 0. The van der Waals surface area contributed by atoms with E-state index in [0.717, 1.165) is 18.1 Å². The summed E-state index contributed by atoms with van der Waals surface area (Å²) in [6, 6.07) is 8.36. The summed E-state index contributed by atoms with van der Waals surface area (Å²) in [6.07, 6.45) is 3.70. The average Bonchev–Trinajstić information content (AvgIpc) is 2.34. The monoisotopic (exact) mass is 261 g/mol. The van der Waals surface area contributed by atoms with Gasteiger partial charge in [-0.3, -0.25) is 0 Å². The largest absolute Gasteiger partial charge is 0.491 e. The maximum Gasteiger partial charge on any atom is 0.120 e. The summed E-state index contributed by atoms with van der Waals surface area (Å²) < 4.78 is 5.79. The molecule has 2 N–H and O–H groups in total. The molecular weight excluding hydrogens is 234 g/mol. The van der Waals surface area contributed by atoms with Gasteiger partial charge < -0.3 is 10.5 Å². The van der Waals surface area contributed by atoms with E-state index < -0.39 is 0 Å². The molecule has 19 heavy (non-hydrogen) atoms. The van der Waals surface area contributed by atoms with E-state index in [9.17, 15) is 0 Å². The zero-order valence-corrected chi connectivity index (χ0v) is 12.6. The van der Waals surface area contributed by atoms with Gasteiger partial charge in [-0.2, -0.15) is 0 Å². The van der Waals surface area contributed by atoms with Crippen LogP contribution in [0.4, 0.5) is 0 Å². The van der Waals surface area contributed by atoms with Crippen LogP contribution in [0.3, 0.4) is 0 Å². The van der Waals surface area contributed by atoms with E-state index in [1.165, 1.54) is 18.4 Å². The topological polar surface area (TPSA) is 35.2 Å². The maximum absolute atomic E-state index is 6.73. The first-order valence-electron chi connectivity index (χ1n) is 7.48. The van der Waals surface area contributed by atoms with Crippen molar-refractivity contribution in [3.05, 3.63) is 29.8 Å². The zero-order chi connectivity index (χ0) is 14.0. The first-order chi connectivity index (χ1) is 8.91. The van der Waals surface area contributed by atoms with E-state index in [2.05, 4.69) is 45.9 Å². The molecule has 1 fully saturated rings. The Labute approximate surface area is 117 Å². The van der Waals surface area contributed by atoms with Gasteiger partial charge in [0.15, 0.2) is 0 Å². The van der Waals surface area contributed by atoms with Gasteiger partial charge >= 0.3 is 0 Å². The first-order valence-corrected chi connectivity index (χ1v) is 7.48. The fourth-order valence-corrected chi connectivity index (χ4v) is 3.22. The lowest BCUT2D eigenvalue weighted by molar-refractivity contribution is 0.163. The standard InChI is InChI=1S/C17H27NO/c1-12(2)19-16-7-5-6-15(11-16)17(18)9-8-13(3)10-14(17)4/h5-7,11-14H,8-10,18H2,1-4H3. The Balaban J connectivity index is 2.25. The van der Waals surface area contributed by atoms with Crippen LogP contribution >= 0.6 is 0 Å². The van der Waals surface area contributed by atoms with Gasteiger partial charge in [0.1, 0.15) is 5.75 Å². The van der Waals surface area contributed by atoms with Crippen molar-refractivity contribution in [2.45, 2.75) is 58.6 Å². The highest BCUT2D eigenvalue weighted by atomic mass is 16.5. The fraction of sp³-hybridized carbons (Fsp3) is 0.647. The highest BCUT2D eigenvalue weighted by Gasteiger charge is 2.38. The van der Waals surface area contributed by atoms with Crippen LogP contribution in [0.2, 0.25) is 0 Å². The average molecular weight is 261 g/mol. The number of ether oxygens (including phenoxy) is 1. The quantitative estimate of drug-likeness (QED) is 0.889. The third kappa shape index (κ3) is 3.11. The van der Waals surface area contributed by atoms with Crippen molar-refractivity contribution in [2.24, 2.45) is 17.6 Å². The molecule has 2 rings (SSSR count). The van der Waals surface area contributed by atoms with E-state index >= 15 is 0 Å². The van der Waals surface area contributed by atoms with Crippen LogP contribution in [0, 0.1) is 11.8 Å². The minimum Gasteiger partial charge on any atom is -0.491 e. The van der Waals surface area contributed by atoms with Crippen molar-refractivity contribution >= 4 is 0 Å². The number of benzene rings is 1. The number of hydrogen-bond acceptors (Lipinski definition) is 2. The summed E-state index contributed by atoms with van der Waals surface area (Å²) >= 11 is 0. The molecule has 1 aromatic rings. The molecule has 0 aromatic heterocycles. The Morgan fingerprint density at radius 2 is 2.05 bits per heavy atom. The summed E-state index contributed by atoms with van der Waals surface area (Å²) in [5.74, 6) is 2.25. The summed E-state index contributed by atoms with van der Waals surface area (Å²) in [4.78, 5) is 0. The molecule has 0 bridgehead atoms. The molecular formula is C17H27NO. The smallest absolute Gasteiger partial charge is 0.120 e. The molecule has 0 spiro atoms. The molecule has 0 aliphatic heterocycles. The van der Waals surface area contributed by atoms with E-state index in [1.807, 2.05) is 6.07 Å². The van der Waals surface area contributed by atoms with Gasteiger partial charge in [0.05, 0.1) is 6.10 Å². The van der Waals surface area contributed by atoms with Gasteiger partial charge in [-0.25, -0.2) is 0 Å². The molecule has 0 radical (unpaired) electrons. The molecule has 0 heterocycles. The second-order valence-corrected chi connectivity index (χ2v) is 6.52. The zero-order valence-electron chi connectivity index (χ0n) is 12.6. The van der Waals surface area contributed by atoms with Crippen molar-refractivity contribution in [2.75, 3.05) is 0 Å². The van der Waals surface area contributed by atoms with Crippen molar-refractivity contribution < 1.29 is 4.74 Å². The van der Waals surface area contributed by atoms with Crippen molar-refractivity contribution in [1.82, 2.24) is 0 Å². The Kier molecular flexibility index (Phi) is 4.19. The van der Waals surface area contributed by atoms with Crippen molar-refractivity contribution in [1.29, 1.82) is 0 Å². The van der Waals surface area contributed by atoms with Crippen LogP contribution in [-0.4, -0.2) is 6.10 Å². The third-order valence-corrected chi connectivity index (χ3v) is 4.43. The number of nitrogens with two attached hydrogens (primary N) is 1. The lowest BCUT2D eigenvalue weighted by Gasteiger charge is -2.42. The molecule has 106 valence electrons. The molecule has 3 atom stereocenters. The minimum absolute atomic E-state index is 0.192. The molecule has 3 unspecified atom stereocenters. The van der Waals surface area contributed by atoms with Crippen LogP contribution in [0.15, 0.2) is 24.3 Å². The molecule has 2 nitrogen and oxygen atoms in total. The predicted octanol–water partition coefficient (Wildman–Crippen LogP) is 4.08. The lowest BCUT2D eigenvalue weighted by Crippen LogP contribution is -2.46. The van der Waals surface area contributed by atoms with Crippen LogP contribution in [0.25, 0.3) is 0 Å². The van der Waals surface area contributed by atoms with E-state index in [1.54, 1.807) is 0 Å². The SMILES string of the molecule is CC1CCC(N)(c2cccc(OC(C)C)c2)C(C)C1. The van der Waals surface area contributed by atoms with Crippen LogP contribution in [0.1, 0.15) is 52.5 Å². The maximum atomic E-state index is 6.73. The first kappa shape index (κ1) is 14.4. The van der Waals surface area contributed by atoms with E-state index in [0.29, 0.717) is 5.92 Å². The molecule has 1 aliphatic carbocycles. The lowest BCUT2D eigenvalue weighted by atomic mass is 9.67. The van der Waals surface area contributed by atoms with Gasteiger partial charge in [0, 0.05) is 5.54 Å². The predicted molar refractivity (Wildman–Crippen MR) is 80.3 cm³/mol. The van der Waals surface area contributed by atoms with Gasteiger partial charge in [0.25, 0.3) is 0 Å². The molecule has 1 saturated carbocycles. The van der Waals surface area contributed by atoms with Gasteiger partial charge in [0.2, 0.25) is 0 Å². The second kappa shape index (κ2) is 5.54. The molecule has 1 aromatic carbocycles. The number of rotatable bonds is 3. The normalized spacial score (nSPS) is 31.5. The molecule has 0 amide bonds.